The number of benzene rings is 1. The monoisotopic (exact) mass is 211 g/mol. The molecule has 1 aromatic rings. The third kappa shape index (κ3) is 3.27. The summed E-state index contributed by atoms with van der Waals surface area (Å²) in [5.41, 5.74) is 0.727. The molecule has 1 nitrogen and oxygen atoms in total. The molecule has 0 unspecified atom stereocenters. The summed E-state index contributed by atoms with van der Waals surface area (Å²) < 4.78 is 13.0. The molecule has 0 aliphatic heterocycles. The van der Waals surface area contributed by atoms with Crippen molar-refractivity contribution < 1.29 is 4.39 Å². The highest BCUT2D eigenvalue weighted by Crippen LogP contribution is 2.18. The van der Waals surface area contributed by atoms with Crippen LogP contribution in [0.3, 0.4) is 0 Å². The van der Waals surface area contributed by atoms with Crippen molar-refractivity contribution in [2.45, 2.75) is 13.3 Å². The van der Waals surface area contributed by atoms with Crippen molar-refractivity contribution in [1.29, 1.82) is 0 Å². The number of anilines is 1. The summed E-state index contributed by atoms with van der Waals surface area (Å²) in [6.07, 6.45) is 0.751. The summed E-state index contributed by atoms with van der Waals surface area (Å²) in [4.78, 5) is 0. The molecule has 0 heterocycles. The minimum Gasteiger partial charge on any atom is -0.384 e. The topological polar surface area (TPSA) is 12.0 Å². The first-order valence-electron chi connectivity index (χ1n) is 4.32. The maximum absolute atomic E-state index is 13.0. The molecule has 0 aliphatic carbocycles. The van der Waals surface area contributed by atoms with Crippen LogP contribution in [0.4, 0.5) is 10.1 Å². The van der Waals surface area contributed by atoms with Crippen molar-refractivity contribution in [3.63, 3.8) is 0 Å². The molecule has 1 N–H and O–H groups in total. The fraction of sp³-hybridized carbons (Fsp3) is 0.273. The zero-order valence-electron chi connectivity index (χ0n) is 7.90. The van der Waals surface area contributed by atoms with Gasteiger partial charge in [0.2, 0.25) is 0 Å². The zero-order chi connectivity index (χ0) is 10.4. The quantitative estimate of drug-likeness (QED) is 0.598. The first-order chi connectivity index (χ1) is 6.74. The lowest BCUT2D eigenvalue weighted by molar-refractivity contribution is 0.628. The molecule has 0 aromatic heterocycles. The van der Waals surface area contributed by atoms with Crippen LogP contribution in [0.5, 0.6) is 0 Å². The van der Waals surface area contributed by atoms with E-state index in [2.05, 4.69) is 17.2 Å². The highest BCUT2D eigenvalue weighted by molar-refractivity contribution is 6.30. The minimum absolute atomic E-state index is 0.142. The lowest BCUT2D eigenvalue weighted by atomic mass is 10.3. The molecule has 0 fully saturated rings. The van der Waals surface area contributed by atoms with E-state index in [4.69, 9.17) is 11.6 Å². The van der Waals surface area contributed by atoms with Crippen LogP contribution in [-0.4, -0.2) is 6.54 Å². The fourth-order valence-corrected chi connectivity index (χ4v) is 1.12. The van der Waals surface area contributed by atoms with Gasteiger partial charge in [0.05, 0.1) is 5.02 Å². The summed E-state index contributed by atoms with van der Waals surface area (Å²) >= 11 is 5.54. The lowest BCUT2D eigenvalue weighted by Crippen LogP contribution is -2.00. The second-order valence-electron chi connectivity index (χ2n) is 2.73. The van der Waals surface area contributed by atoms with Crippen LogP contribution in [0.15, 0.2) is 18.2 Å². The molecule has 0 bridgehead atoms. The van der Waals surface area contributed by atoms with E-state index in [9.17, 15) is 4.39 Å². The van der Waals surface area contributed by atoms with Gasteiger partial charge in [0.25, 0.3) is 0 Å². The number of rotatable bonds is 3. The minimum atomic E-state index is -0.404. The molecule has 1 aromatic carbocycles. The first-order valence-corrected chi connectivity index (χ1v) is 4.70. The summed E-state index contributed by atoms with van der Waals surface area (Å²) in [5.74, 6) is 5.30. The SMILES string of the molecule is CC#CCCNc1ccc(Cl)c(F)c1. The van der Waals surface area contributed by atoms with E-state index in [0.717, 1.165) is 12.1 Å². The van der Waals surface area contributed by atoms with Crippen molar-refractivity contribution in [1.82, 2.24) is 0 Å². The lowest BCUT2D eigenvalue weighted by Gasteiger charge is -2.04. The van der Waals surface area contributed by atoms with Gasteiger partial charge in [-0.25, -0.2) is 4.39 Å². The summed E-state index contributed by atoms with van der Waals surface area (Å²) in [6.45, 7) is 2.50. The fourth-order valence-electron chi connectivity index (χ4n) is 1.00. The Hall–Kier alpha value is -1.20. The van der Waals surface area contributed by atoms with Gasteiger partial charge in [0.1, 0.15) is 5.82 Å². The standard InChI is InChI=1S/C11H11ClFN/c1-2-3-4-7-14-9-5-6-10(12)11(13)8-9/h5-6,8,14H,4,7H2,1H3. The average molecular weight is 212 g/mol. The van der Waals surface area contributed by atoms with Gasteiger partial charge >= 0.3 is 0 Å². The van der Waals surface area contributed by atoms with Crippen molar-refractivity contribution in [3.05, 3.63) is 29.0 Å². The Morgan fingerprint density at radius 3 is 2.93 bits per heavy atom. The average Bonchev–Trinajstić information content (AvgIpc) is 2.18. The summed E-state index contributed by atoms with van der Waals surface area (Å²) in [5, 5.41) is 3.19. The Kier molecular flexibility index (Phi) is 4.28. The predicted octanol–water partition coefficient (Wildman–Crippen LogP) is 3.30. The highest BCUT2D eigenvalue weighted by atomic mass is 35.5. The van der Waals surface area contributed by atoms with E-state index in [1.807, 2.05) is 0 Å². The maximum atomic E-state index is 13.0. The van der Waals surface area contributed by atoms with Gasteiger partial charge in [-0.2, -0.15) is 0 Å². The largest absolute Gasteiger partial charge is 0.384 e. The van der Waals surface area contributed by atoms with E-state index >= 15 is 0 Å². The predicted molar refractivity (Wildman–Crippen MR) is 58.0 cm³/mol. The smallest absolute Gasteiger partial charge is 0.143 e. The molecule has 0 atom stereocenters. The van der Waals surface area contributed by atoms with Crippen LogP contribution in [0.2, 0.25) is 5.02 Å². The third-order valence-corrected chi connectivity index (χ3v) is 1.98. The Morgan fingerprint density at radius 1 is 1.50 bits per heavy atom. The number of halogens is 2. The van der Waals surface area contributed by atoms with E-state index in [1.165, 1.54) is 12.1 Å². The van der Waals surface area contributed by atoms with Crippen LogP contribution < -0.4 is 5.32 Å². The van der Waals surface area contributed by atoms with Gasteiger partial charge in [0, 0.05) is 18.7 Å². The van der Waals surface area contributed by atoms with Gasteiger partial charge in [0.15, 0.2) is 0 Å². The number of hydrogen-bond donors (Lipinski definition) is 1. The van der Waals surface area contributed by atoms with Gasteiger partial charge in [-0.3, -0.25) is 0 Å². The van der Waals surface area contributed by atoms with Gasteiger partial charge in [-0.1, -0.05) is 11.6 Å². The van der Waals surface area contributed by atoms with Crippen LogP contribution in [0, 0.1) is 17.7 Å². The molecular formula is C11H11ClFN. The van der Waals surface area contributed by atoms with E-state index < -0.39 is 5.82 Å². The summed E-state index contributed by atoms with van der Waals surface area (Å²) in [7, 11) is 0. The Labute approximate surface area is 88.3 Å². The zero-order valence-corrected chi connectivity index (χ0v) is 8.66. The Morgan fingerprint density at radius 2 is 2.29 bits per heavy atom. The highest BCUT2D eigenvalue weighted by Gasteiger charge is 1.99. The third-order valence-electron chi connectivity index (χ3n) is 1.68. The molecular weight excluding hydrogens is 201 g/mol. The van der Waals surface area contributed by atoms with Crippen LogP contribution >= 0.6 is 11.6 Å². The molecule has 0 saturated carbocycles. The Balaban J connectivity index is 2.50. The molecule has 0 spiro atoms. The number of hydrogen-bond acceptors (Lipinski definition) is 1. The van der Waals surface area contributed by atoms with Crippen molar-refractivity contribution in [2.75, 3.05) is 11.9 Å². The summed E-state index contributed by atoms with van der Waals surface area (Å²) in [6, 6.07) is 4.65. The van der Waals surface area contributed by atoms with Gasteiger partial charge in [-0.05, 0) is 25.1 Å². The molecule has 1 rings (SSSR count). The van der Waals surface area contributed by atoms with Crippen LogP contribution in [-0.2, 0) is 0 Å². The normalized spacial score (nSPS) is 9.07. The van der Waals surface area contributed by atoms with Crippen molar-refractivity contribution in [3.8, 4) is 11.8 Å². The molecule has 14 heavy (non-hydrogen) atoms. The first kappa shape index (κ1) is 10.9. The molecule has 0 radical (unpaired) electrons. The van der Waals surface area contributed by atoms with E-state index in [-0.39, 0.29) is 5.02 Å². The van der Waals surface area contributed by atoms with Crippen molar-refractivity contribution in [2.24, 2.45) is 0 Å². The van der Waals surface area contributed by atoms with Crippen LogP contribution in [0.25, 0.3) is 0 Å². The molecule has 74 valence electrons. The molecule has 3 heteroatoms. The second kappa shape index (κ2) is 5.51. The van der Waals surface area contributed by atoms with Gasteiger partial charge in [-0.15, -0.1) is 11.8 Å². The molecule has 0 saturated heterocycles. The second-order valence-corrected chi connectivity index (χ2v) is 3.14. The van der Waals surface area contributed by atoms with E-state index in [1.54, 1.807) is 13.0 Å². The molecule has 0 amide bonds. The molecule has 0 aliphatic rings. The van der Waals surface area contributed by atoms with E-state index in [0.29, 0.717) is 6.54 Å². The van der Waals surface area contributed by atoms with Crippen molar-refractivity contribution >= 4 is 17.3 Å². The van der Waals surface area contributed by atoms with Gasteiger partial charge < -0.3 is 5.32 Å². The Bertz CT molecular complexity index is 365. The van der Waals surface area contributed by atoms with Crippen LogP contribution in [0.1, 0.15) is 13.3 Å². The number of nitrogens with one attached hydrogen (secondary N) is 1. The maximum Gasteiger partial charge on any atom is 0.143 e.